The molecule has 0 spiro atoms. The highest BCUT2D eigenvalue weighted by Gasteiger charge is 2.15. The molecule has 4 rings (SSSR count). The molecule has 0 radical (unpaired) electrons. The standard InChI is InChI=1S/C20H19FN6O2/c21-18-5-3-14(9-24-18)13-2-4-15(22)16(8-13)26-20(28)17-10-25-19(11-23-17)27-6-1-7-29-12-27/h2-5,8-11H,1,6-7,12,22H2,(H,26,28). The maximum atomic E-state index is 13.0. The van der Waals surface area contributed by atoms with E-state index in [0.29, 0.717) is 29.5 Å². The number of amides is 1. The second kappa shape index (κ2) is 8.19. The summed E-state index contributed by atoms with van der Waals surface area (Å²) in [6, 6.07) is 8.02. The average Bonchev–Trinajstić information content (AvgIpc) is 2.76. The van der Waals surface area contributed by atoms with Gasteiger partial charge in [0, 0.05) is 18.3 Å². The fraction of sp³-hybridized carbons (Fsp3) is 0.200. The number of nitrogen functional groups attached to an aromatic ring is 1. The summed E-state index contributed by atoms with van der Waals surface area (Å²) in [4.78, 5) is 26.7. The second-order valence-corrected chi connectivity index (χ2v) is 6.54. The zero-order chi connectivity index (χ0) is 20.2. The van der Waals surface area contributed by atoms with E-state index in [4.69, 9.17) is 10.5 Å². The molecular weight excluding hydrogens is 375 g/mol. The van der Waals surface area contributed by atoms with E-state index in [9.17, 15) is 9.18 Å². The van der Waals surface area contributed by atoms with Gasteiger partial charge in [-0.1, -0.05) is 6.07 Å². The number of nitrogens with zero attached hydrogens (tertiary/aromatic N) is 4. The van der Waals surface area contributed by atoms with Crippen molar-refractivity contribution in [3.05, 3.63) is 60.6 Å². The lowest BCUT2D eigenvalue weighted by Gasteiger charge is -2.27. The maximum Gasteiger partial charge on any atom is 0.275 e. The van der Waals surface area contributed by atoms with E-state index in [-0.39, 0.29) is 5.69 Å². The zero-order valence-corrected chi connectivity index (χ0v) is 15.5. The lowest BCUT2D eigenvalue weighted by atomic mass is 10.1. The molecular formula is C20H19FN6O2. The molecule has 0 bridgehead atoms. The molecule has 1 saturated heterocycles. The van der Waals surface area contributed by atoms with Crippen LogP contribution < -0.4 is 16.0 Å². The Morgan fingerprint density at radius 2 is 1.97 bits per heavy atom. The third-order valence-corrected chi connectivity index (χ3v) is 4.52. The summed E-state index contributed by atoms with van der Waals surface area (Å²) in [7, 11) is 0. The molecule has 148 valence electrons. The van der Waals surface area contributed by atoms with Crippen molar-refractivity contribution in [2.75, 3.05) is 35.8 Å². The van der Waals surface area contributed by atoms with Crippen LogP contribution in [0.25, 0.3) is 11.1 Å². The van der Waals surface area contributed by atoms with Gasteiger partial charge in [-0.3, -0.25) is 4.79 Å². The van der Waals surface area contributed by atoms with E-state index in [1.165, 1.54) is 18.5 Å². The predicted molar refractivity (Wildman–Crippen MR) is 107 cm³/mol. The van der Waals surface area contributed by atoms with E-state index < -0.39 is 11.9 Å². The number of anilines is 3. The minimum atomic E-state index is -0.559. The Hall–Kier alpha value is -3.59. The number of carbonyl (C=O) groups excluding carboxylic acids is 1. The van der Waals surface area contributed by atoms with Crippen LogP contribution in [0, 0.1) is 5.95 Å². The minimum absolute atomic E-state index is 0.167. The summed E-state index contributed by atoms with van der Waals surface area (Å²) < 4.78 is 18.4. The number of benzene rings is 1. The number of hydrogen-bond donors (Lipinski definition) is 2. The predicted octanol–water partition coefficient (Wildman–Crippen LogP) is 2.70. The summed E-state index contributed by atoms with van der Waals surface area (Å²) in [6.45, 7) is 2.03. The number of aromatic nitrogens is 3. The highest BCUT2D eigenvalue weighted by molar-refractivity contribution is 6.04. The number of halogens is 1. The summed E-state index contributed by atoms with van der Waals surface area (Å²) in [5, 5.41) is 2.75. The van der Waals surface area contributed by atoms with Gasteiger partial charge in [0.15, 0.2) is 0 Å². The highest BCUT2D eigenvalue weighted by Crippen LogP contribution is 2.27. The minimum Gasteiger partial charge on any atom is -0.397 e. The van der Waals surface area contributed by atoms with Crippen molar-refractivity contribution in [3.8, 4) is 11.1 Å². The molecule has 0 saturated carbocycles. The molecule has 1 fully saturated rings. The fourth-order valence-corrected chi connectivity index (χ4v) is 2.96. The van der Waals surface area contributed by atoms with Gasteiger partial charge in [-0.15, -0.1) is 0 Å². The lowest BCUT2D eigenvalue weighted by Crippen LogP contribution is -2.33. The van der Waals surface area contributed by atoms with Gasteiger partial charge in [0.25, 0.3) is 5.91 Å². The fourth-order valence-electron chi connectivity index (χ4n) is 2.96. The quantitative estimate of drug-likeness (QED) is 0.518. The van der Waals surface area contributed by atoms with Crippen LogP contribution in [-0.4, -0.2) is 40.7 Å². The number of nitrogens with two attached hydrogens (primary N) is 1. The van der Waals surface area contributed by atoms with E-state index >= 15 is 0 Å². The van der Waals surface area contributed by atoms with Gasteiger partial charge in [-0.05, 0) is 36.2 Å². The smallest absolute Gasteiger partial charge is 0.275 e. The van der Waals surface area contributed by atoms with Crippen molar-refractivity contribution in [2.45, 2.75) is 6.42 Å². The van der Waals surface area contributed by atoms with Crippen LogP contribution >= 0.6 is 0 Å². The van der Waals surface area contributed by atoms with Crippen molar-refractivity contribution in [3.63, 3.8) is 0 Å². The van der Waals surface area contributed by atoms with Gasteiger partial charge in [0.05, 0.1) is 30.4 Å². The zero-order valence-electron chi connectivity index (χ0n) is 15.5. The molecule has 1 aromatic carbocycles. The van der Waals surface area contributed by atoms with Crippen LogP contribution in [0.4, 0.5) is 21.6 Å². The molecule has 2 aromatic heterocycles. The molecule has 1 aliphatic heterocycles. The Morgan fingerprint density at radius 1 is 1.10 bits per heavy atom. The van der Waals surface area contributed by atoms with Crippen molar-refractivity contribution >= 4 is 23.1 Å². The van der Waals surface area contributed by atoms with Crippen LogP contribution in [0.15, 0.2) is 48.9 Å². The molecule has 9 heteroatoms. The molecule has 0 atom stereocenters. The second-order valence-electron chi connectivity index (χ2n) is 6.54. The lowest BCUT2D eigenvalue weighted by molar-refractivity contribution is 0.102. The maximum absolute atomic E-state index is 13.0. The van der Waals surface area contributed by atoms with Gasteiger partial charge < -0.3 is 20.7 Å². The Kier molecular flexibility index (Phi) is 5.30. The molecule has 3 N–H and O–H groups in total. The number of hydrogen-bond acceptors (Lipinski definition) is 7. The molecule has 0 unspecified atom stereocenters. The number of nitrogens with one attached hydrogen (secondary N) is 1. The third-order valence-electron chi connectivity index (χ3n) is 4.52. The number of ether oxygens (including phenoxy) is 1. The van der Waals surface area contributed by atoms with Gasteiger partial charge in [0.1, 0.15) is 18.2 Å². The molecule has 3 heterocycles. The monoisotopic (exact) mass is 394 g/mol. The number of carbonyl (C=O) groups is 1. The van der Waals surface area contributed by atoms with Crippen LogP contribution in [0.3, 0.4) is 0 Å². The topological polar surface area (TPSA) is 106 Å². The number of rotatable bonds is 4. The summed E-state index contributed by atoms with van der Waals surface area (Å²) >= 11 is 0. The van der Waals surface area contributed by atoms with Crippen LogP contribution in [0.1, 0.15) is 16.9 Å². The Morgan fingerprint density at radius 3 is 2.66 bits per heavy atom. The van der Waals surface area contributed by atoms with Gasteiger partial charge >= 0.3 is 0 Å². The summed E-state index contributed by atoms with van der Waals surface area (Å²) in [5.74, 6) is -0.331. The van der Waals surface area contributed by atoms with Crippen molar-refractivity contribution < 1.29 is 13.9 Å². The molecule has 3 aromatic rings. The first-order chi connectivity index (χ1) is 14.1. The van der Waals surface area contributed by atoms with Crippen LogP contribution in [-0.2, 0) is 4.74 Å². The number of pyridine rings is 1. The molecule has 8 nitrogen and oxygen atoms in total. The molecule has 1 amide bonds. The van der Waals surface area contributed by atoms with Gasteiger partial charge in [0.2, 0.25) is 5.95 Å². The highest BCUT2D eigenvalue weighted by atomic mass is 19.1. The average molecular weight is 394 g/mol. The summed E-state index contributed by atoms with van der Waals surface area (Å²) in [5.41, 5.74) is 8.43. The Bertz CT molecular complexity index is 1000. The van der Waals surface area contributed by atoms with E-state index in [0.717, 1.165) is 25.1 Å². The first-order valence-electron chi connectivity index (χ1n) is 9.08. The molecule has 1 aliphatic rings. The van der Waals surface area contributed by atoms with Crippen LogP contribution in [0.2, 0.25) is 0 Å². The van der Waals surface area contributed by atoms with E-state index in [1.807, 2.05) is 4.90 Å². The van der Waals surface area contributed by atoms with Crippen LogP contribution in [0.5, 0.6) is 0 Å². The van der Waals surface area contributed by atoms with Crippen molar-refractivity contribution in [1.82, 2.24) is 15.0 Å². The Balaban J connectivity index is 1.50. The van der Waals surface area contributed by atoms with Gasteiger partial charge in [-0.25, -0.2) is 15.0 Å². The largest absolute Gasteiger partial charge is 0.397 e. The molecule has 0 aliphatic carbocycles. The Labute approximate surface area is 166 Å². The molecule has 29 heavy (non-hydrogen) atoms. The SMILES string of the molecule is Nc1ccc(-c2ccc(F)nc2)cc1NC(=O)c1cnc(N2CCCOC2)cn1. The van der Waals surface area contributed by atoms with Crippen molar-refractivity contribution in [2.24, 2.45) is 0 Å². The van der Waals surface area contributed by atoms with Gasteiger partial charge in [-0.2, -0.15) is 4.39 Å². The third kappa shape index (κ3) is 4.30. The normalized spacial score (nSPS) is 13.9. The first-order valence-corrected chi connectivity index (χ1v) is 9.08. The summed E-state index contributed by atoms with van der Waals surface area (Å²) in [6.07, 6.45) is 5.31. The van der Waals surface area contributed by atoms with E-state index in [2.05, 4.69) is 20.3 Å². The first kappa shape index (κ1) is 18.8. The van der Waals surface area contributed by atoms with Crippen molar-refractivity contribution in [1.29, 1.82) is 0 Å². The van der Waals surface area contributed by atoms with E-state index in [1.54, 1.807) is 30.5 Å².